The number of rotatable bonds is 17. The molecule has 3 aromatic rings. The van der Waals surface area contributed by atoms with Crippen molar-refractivity contribution in [3.8, 4) is 12.0 Å². The fraction of sp³-hybridized carbons (Fsp3) is 0.568. The fourth-order valence-corrected chi connectivity index (χ4v) is 6.89. The number of fused-ring (bicyclic) bond motifs is 1. The van der Waals surface area contributed by atoms with Gasteiger partial charge in [0.2, 0.25) is 0 Å². The van der Waals surface area contributed by atoms with Gasteiger partial charge in [0.05, 0.1) is 17.5 Å². The third-order valence-electron chi connectivity index (χ3n) is 8.73. The number of benzene rings is 1. The lowest BCUT2D eigenvalue weighted by atomic mass is 9.87. The summed E-state index contributed by atoms with van der Waals surface area (Å²) >= 11 is 0. The van der Waals surface area contributed by atoms with Crippen molar-refractivity contribution >= 4 is 37.0 Å². The molecule has 1 aliphatic rings. The first-order valence-electron chi connectivity index (χ1n) is 18.0. The first kappa shape index (κ1) is 42.0. The highest BCUT2D eigenvalue weighted by Gasteiger charge is 2.43. The average molecular weight is 771 g/mol. The largest absolute Gasteiger partial charge is 0.461 e. The predicted molar refractivity (Wildman–Crippen MR) is 197 cm³/mol. The van der Waals surface area contributed by atoms with Crippen LogP contribution in [0.1, 0.15) is 97.9 Å². The maximum atomic E-state index is 14.5. The molecule has 0 spiro atoms. The van der Waals surface area contributed by atoms with Gasteiger partial charge in [0.15, 0.2) is 24.1 Å². The molecule has 0 radical (unpaired) electrons. The van der Waals surface area contributed by atoms with Crippen LogP contribution in [0.3, 0.4) is 0 Å². The molecule has 1 fully saturated rings. The normalized spacial score (nSPS) is 16.5. The SMILES string of the molecule is CC(C)C(=O)O[C@H]([C@@H](COP(=O)(NCC(=O)OC1CCCCC1)Oc1ccc(C(C)(C)C)cc1)OC#N)[C@@H](OC(=O)C(C)C)c1ccc2c(N)ncnn12. The van der Waals surface area contributed by atoms with E-state index < -0.39 is 69.0 Å². The molecule has 0 aliphatic heterocycles. The van der Waals surface area contributed by atoms with Crippen LogP contribution >= 0.6 is 7.75 Å². The van der Waals surface area contributed by atoms with Gasteiger partial charge >= 0.3 is 25.7 Å². The van der Waals surface area contributed by atoms with Gasteiger partial charge in [0.25, 0.3) is 6.26 Å². The second kappa shape index (κ2) is 18.6. The zero-order valence-corrected chi connectivity index (χ0v) is 32.7. The van der Waals surface area contributed by atoms with Gasteiger partial charge in [-0.2, -0.15) is 10.4 Å². The minimum Gasteiger partial charge on any atom is -0.461 e. The first-order chi connectivity index (χ1) is 25.5. The van der Waals surface area contributed by atoms with Crippen molar-refractivity contribution < 1.29 is 46.9 Å². The molecule has 1 aliphatic carbocycles. The lowest BCUT2D eigenvalue weighted by Gasteiger charge is -2.32. The Morgan fingerprint density at radius 1 is 1.00 bits per heavy atom. The molecule has 0 amide bonds. The van der Waals surface area contributed by atoms with Gasteiger partial charge in [0.1, 0.15) is 36.8 Å². The number of aromatic nitrogens is 3. The number of nitriles is 1. The number of nitrogens with two attached hydrogens (primary N) is 1. The summed E-state index contributed by atoms with van der Waals surface area (Å²) in [4.78, 5) is 43.3. The Morgan fingerprint density at radius 3 is 2.26 bits per heavy atom. The Hall–Kier alpha value is -4.71. The van der Waals surface area contributed by atoms with Crippen molar-refractivity contribution in [3.05, 3.63) is 54.0 Å². The fourth-order valence-electron chi connectivity index (χ4n) is 5.61. The summed E-state index contributed by atoms with van der Waals surface area (Å²) in [6, 6.07) is 9.98. The van der Waals surface area contributed by atoms with Crippen LogP contribution < -0.4 is 15.3 Å². The molecule has 294 valence electrons. The summed E-state index contributed by atoms with van der Waals surface area (Å²) < 4.78 is 50.5. The van der Waals surface area contributed by atoms with Crippen LogP contribution in [-0.4, -0.2) is 64.0 Å². The van der Waals surface area contributed by atoms with Crippen LogP contribution in [0.4, 0.5) is 5.82 Å². The van der Waals surface area contributed by atoms with E-state index in [9.17, 15) is 24.2 Å². The number of carbonyl (C=O) groups excluding carboxylic acids is 3. The summed E-state index contributed by atoms with van der Waals surface area (Å²) in [6.07, 6.45) is 2.37. The van der Waals surface area contributed by atoms with Gasteiger partial charge < -0.3 is 29.2 Å². The number of ether oxygens (including phenoxy) is 4. The topological polar surface area (TPSA) is 216 Å². The molecule has 1 unspecified atom stereocenters. The van der Waals surface area contributed by atoms with Gasteiger partial charge in [-0.1, -0.05) is 67.0 Å². The lowest BCUT2D eigenvalue weighted by molar-refractivity contribution is -0.184. The molecule has 2 aromatic heterocycles. The molecular weight excluding hydrogens is 719 g/mol. The van der Waals surface area contributed by atoms with Crippen molar-refractivity contribution in [3.63, 3.8) is 0 Å². The van der Waals surface area contributed by atoms with Crippen molar-refractivity contribution in [1.82, 2.24) is 19.7 Å². The van der Waals surface area contributed by atoms with Crippen molar-refractivity contribution in [2.45, 2.75) is 110 Å². The smallest absolute Gasteiger partial charge is 0.459 e. The maximum Gasteiger partial charge on any atom is 0.459 e. The molecule has 4 atom stereocenters. The first-order valence-corrected chi connectivity index (χ1v) is 19.6. The Kier molecular flexibility index (Phi) is 14.4. The van der Waals surface area contributed by atoms with E-state index in [4.69, 9.17) is 33.7 Å². The van der Waals surface area contributed by atoms with E-state index in [1.54, 1.807) is 58.2 Å². The maximum absolute atomic E-state index is 14.5. The summed E-state index contributed by atoms with van der Waals surface area (Å²) in [6.45, 7) is 11.3. The number of esters is 3. The number of hydrogen-bond donors (Lipinski definition) is 2. The lowest BCUT2D eigenvalue weighted by Crippen LogP contribution is -2.44. The van der Waals surface area contributed by atoms with Crippen LogP contribution in [0.5, 0.6) is 5.75 Å². The summed E-state index contributed by atoms with van der Waals surface area (Å²) in [5.74, 6) is -3.08. The van der Waals surface area contributed by atoms with Crippen LogP contribution in [0.15, 0.2) is 42.7 Å². The van der Waals surface area contributed by atoms with Crippen molar-refractivity contribution in [1.29, 1.82) is 5.26 Å². The van der Waals surface area contributed by atoms with Crippen LogP contribution in [0.2, 0.25) is 0 Å². The van der Waals surface area contributed by atoms with E-state index in [0.717, 1.165) is 37.7 Å². The third-order valence-corrected chi connectivity index (χ3v) is 10.2. The van der Waals surface area contributed by atoms with Gasteiger partial charge in [-0.3, -0.25) is 18.9 Å². The number of nitrogens with one attached hydrogen (secondary N) is 1. The molecule has 54 heavy (non-hydrogen) atoms. The third kappa shape index (κ3) is 11.4. The molecule has 1 saturated carbocycles. The monoisotopic (exact) mass is 770 g/mol. The molecule has 0 saturated heterocycles. The number of nitrogens with zero attached hydrogens (tertiary/aromatic N) is 4. The highest BCUT2D eigenvalue weighted by Crippen LogP contribution is 2.45. The van der Waals surface area contributed by atoms with E-state index in [2.05, 4.69) is 15.2 Å². The standard InChI is InChI=1S/C37H51N6O10P/c1-23(2)35(45)51-32(28-17-18-29-34(39)40-22-41-43(28)29)33(52-36(46)24(3)4)30(48-21-38)20-49-54(47,42-19-31(44)50-26-11-9-8-10-12-26)53-27-15-13-25(14-16-27)37(5,6)7/h13-18,22-24,26,30,32-33H,8-12,19-20H2,1-7H3,(H,42,47)(H2,39,40,41)/t30-,32+,33-,54?/m1/s1. The highest BCUT2D eigenvalue weighted by atomic mass is 31.2. The molecule has 0 bridgehead atoms. The predicted octanol–water partition coefficient (Wildman–Crippen LogP) is 5.95. The van der Waals surface area contributed by atoms with Crippen molar-refractivity contribution in [2.75, 3.05) is 18.9 Å². The molecule has 16 nitrogen and oxygen atoms in total. The Bertz CT molecular complexity index is 1830. The second-order valence-corrected chi connectivity index (χ2v) is 16.5. The van der Waals surface area contributed by atoms with E-state index in [1.165, 1.54) is 10.8 Å². The van der Waals surface area contributed by atoms with Gasteiger partial charge in [-0.05, 0) is 60.9 Å². The van der Waals surface area contributed by atoms with E-state index in [0.29, 0.717) is 5.52 Å². The molecule has 3 N–H and O–H groups in total. The second-order valence-electron chi connectivity index (χ2n) is 14.8. The van der Waals surface area contributed by atoms with E-state index in [1.807, 2.05) is 32.9 Å². The molecule has 17 heteroatoms. The minimum atomic E-state index is -4.48. The minimum absolute atomic E-state index is 0.121. The van der Waals surface area contributed by atoms with Gasteiger partial charge in [-0.15, -0.1) is 0 Å². The Balaban J connectivity index is 1.70. The molecule has 2 heterocycles. The molecular formula is C37H51N6O10P. The van der Waals surface area contributed by atoms with E-state index in [-0.39, 0.29) is 28.8 Å². The molecule has 4 rings (SSSR count). The number of carbonyl (C=O) groups is 3. The Morgan fingerprint density at radius 2 is 1.65 bits per heavy atom. The van der Waals surface area contributed by atoms with Gasteiger partial charge in [-0.25, -0.2) is 19.2 Å². The highest BCUT2D eigenvalue weighted by molar-refractivity contribution is 7.52. The van der Waals surface area contributed by atoms with Crippen molar-refractivity contribution in [2.24, 2.45) is 11.8 Å². The number of hydrogen-bond acceptors (Lipinski definition) is 14. The van der Waals surface area contributed by atoms with Crippen LogP contribution in [-0.2, 0) is 47.8 Å². The zero-order valence-electron chi connectivity index (χ0n) is 31.9. The summed E-state index contributed by atoms with van der Waals surface area (Å²) in [7, 11) is -4.48. The van der Waals surface area contributed by atoms with Crippen LogP contribution in [0.25, 0.3) is 5.52 Å². The quantitative estimate of drug-likeness (QED) is 0.0702. The van der Waals surface area contributed by atoms with Crippen LogP contribution in [0, 0.1) is 23.4 Å². The van der Waals surface area contributed by atoms with E-state index >= 15 is 0 Å². The summed E-state index contributed by atoms with van der Waals surface area (Å²) in [5.41, 5.74) is 7.44. The van der Waals surface area contributed by atoms with Gasteiger partial charge in [0, 0.05) is 0 Å². The zero-order chi connectivity index (χ0) is 39.6. The Labute approximate surface area is 315 Å². The average Bonchev–Trinajstić information content (AvgIpc) is 3.56. The summed E-state index contributed by atoms with van der Waals surface area (Å²) in [5, 5.41) is 16.6. The number of anilines is 1. The number of nitrogen functional groups attached to an aromatic ring is 1. The molecule has 1 aromatic carbocycles.